The molecule has 136 valence electrons. The van der Waals surface area contributed by atoms with E-state index in [-0.39, 0.29) is 12.5 Å². The molecule has 27 heavy (non-hydrogen) atoms. The third-order valence-corrected chi connectivity index (χ3v) is 4.75. The van der Waals surface area contributed by atoms with Crippen LogP contribution in [0.3, 0.4) is 0 Å². The van der Waals surface area contributed by atoms with Crippen LogP contribution < -0.4 is 20.3 Å². The van der Waals surface area contributed by atoms with Gasteiger partial charge in [0.25, 0.3) is 11.6 Å². The zero-order valence-corrected chi connectivity index (χ0v) is 14.5. The van der Waals surface area contributed by atoms with Crippen LogP contribution in [-0.4, -0.2) is 22.6 Å². The topological polar surface area (TPSA) is 121 Å². The number of rotatable bonds is 4. The Morgan fingerprint density at radius 1 is 1.19 bits per heavy atom. The maximum absolute atomic E-state index is 12.6. The highest BCUT2D eigenvalue weighted by Gasteiger charge is 2.21. The highest BCUT2D eigenvalue weighted by Crippen LogP contribution is 2.33. The maximum atomic E-state index is 12.6. The van der Waals surface area contributed by atoms with Gasteiger partial charge in [-0.3, -0.25) is 14.9 Å². The Balaban J connectivity index is 1.55. The second kappa shape index (κ2) is 6.67. The molecule has 0 bridgehead atoms. The van der Waals surface area contributed by atoms with Gasteiger partial charge in [-0.1, -0.05) is 0 Å². The van der Waals surface area contributed by atoms with Crippen LogP contribution in [0, 0.1) is 10.1 Å². The minimum absolute atomic E-state index is 0.00681. The van der Waals surface area contributed by atoms with Crippen molar-refractivity contribution in [2.45, 2.75) is 0 Å². The largest absolute Gasteiger partial charge is 0.454 e. The molecule has 2 N–H and O–H groups in total. The number of anilines is 1. The van der Waals surface area contributed by atoms with Crippen molar-refractivity contribution in [3.63, 3.8) is 0 Å². The number of thiazole rings is 1. The molecule has 0 atom stereocenters. The van der Waals surface area contributed by atoms with E-state index >= 15 is 0 Å². The summed E-state index contributed by atoms with van der Waals surface area (Å²) in [7, 11) is 0. The zero-order valence-electron chi connectivity index (χ0n) is 13.7. The number of carbonyl (C=O) groups excluding carboxylic acids is 1. The lowest BCUT2D eigenvalue weighted by molar-refractivity contribution is -0.384. The fourth-order valence-corrected chi connectivity index (χ4v) is 3.27. The fourth-order valence-electron chi connectivity index (χ4n) is 2.52. The molecule has 0 saturated heterocycles. The molecular formula is C17H12N4O5S. The van der Waals surface area contributed by atoms with Crippen LogP contribution in [0.4, 0.5) is 10.8 Å². The van der Waals surface area contributed by atoms with Crippen molar-refractivity contribution in [1.82, 2.24) is 4.98 Å². The molecule has 0 aliphatic carbocycles. The molecule has 0 fully saturated rings. The van der Waals surface area contributed by atoms with E-state index in [4.69, 9.17) is 15.3 Å². The lowest BCUT2D eigenvalue weighted by Gasteiger charge is -2.13. The molecule has 1 amide bonds. The van der Waals surface area contributed by atoms with Crippen molar-refractivity contribution in [2.24, 2.45) is 5.84 Å². The molecule has 2 aromatic carbocycles. The highest BCUT2D eigenvalue weighted by molar-refractivity contribution is 7.14. The van der Waals surface area contributed by atoms with Crippen LogP contribution in [0.2, 0.25) is 0 Å². The average Bonchev–Trinajstić information content (AvgIpc) is 3.35. The quantitative estimate of drug-likeness (QED) is 0.318. The lowest BCUT2D eigenvalue weighted by atomic mass is 10.1. The molecule has 0 saturated carbocycles. The van der Waals surface area contributed by atoms with Crippen molar-refractivity contribution in [3.8, 4) is 22.8 Å². The number of fused-ring (bicyclic) bond motifs is 1. The van der Waals surface area contributed by atoms with Crippen LogP contribution in [0.25, 0.3) is 11.3 Å². The van der Waals surface area contributed by atoms with Gasteiger partial charge in [0.2, 0.25) is 11.9 Å². The number of non-ortho nitro benzene ring substituents is 1. The summed E-state index contributed by atoms with van der Waals surface area (Å²) in [5.41, 5.74) is 1.59. The van der Waals surface area contributed by atoms with Crippen molar-refractivity contribution < 1.29 is 19.2 Å². The van der Waals surface area contributed by atoms with E-state index in [1.165, 1.54) is 23.5 Å². The van der Waals surface area contributed by atoms with E-state index in [2.05, 4.69) is 4.98 Å². The molecule has 0 unspecified atom stereocenters. The van der Waals surface area contributed by atoms with Gasteiger partial charge in [0.05, 0.1) is 10.6 Å². The number of nitrogens with two attached hydrogens (primary N) is 1. The van der Waals surface area contributed by atoms with Gasteiger partial charge in [0.15, 0.2) is 11.5 Å². The molecule has 0 radical (unpaired) electrons. The molecule has 2 heterocycles. The predicted molar refractivity (Wildman–Crippen MR) is 97.8 cm³/mol. The SMILES string of the molecule is NN(C(=O)c1ccc2c(c1)OCO2)c1nc(-c2ccc([N+](=O)[O-])cc2)cs1. The van der Waals surface area contributed by atoms with Gasteiger partial charge in [0.1, 0.15) is 0 Å². The third-order valence-electron chi connectivity index (χ3n) is 3.91. The third kappa shape index (κ3) is 3.18. The monoisotopic (exact) mass is 384 g/mol. The number of hydrogen-bond donors (Lipinski definition) is 1. The Hall–Kier alpha value is -3.50. The Kier molecular flexibility index (Phi) is 4.18. The summed E-state index contributed by atoms with van der Waals surface area (Å²) in [4.78, 5) is 27.2. The van der Waals surface area contributed by atoms with Gasteiger partial charge >= 0.3 is 0 Å². The van der Waals surface area contributed by atoms with Gasteiger partial charge in [-0.25, -0.2) is 15.8 Å². The molecule has 4 rings (SSSR count). The first-order valence-corrected chi connectivity index (χ1v) is 8.60. The summed E-state index contributed by atoms with van der Waals surface area (Å²) in [6, 6.07) is 10.8. The van der Waals surface area contributed by atoms with Gasteiger partial charge in [0, 0.05) is 28.6 Å². The average molecular weight is 384 g/mol. The van der Waals surface area contributed by atoms with Gasteiger partial charge in [-0.2, -0.15) is 0 Å². The highest BCUT2D eigenvalue weighted by atomic mass is 32.1. The zero-order chi connectivity index (χ0) is 19.0. The second-order valence-corrected chi connectivity index (χ2v) is 6.40. The molecule has 1 aliphatic rings. The first-order chi connectivity index (χ1) is 13.0. The second-order valence-electron chi connectivity index (χ2n) is 5.56. The van der Waals surface area contributed by atoms with Gasteiger partial charge in [-0.05, 0) is 30.3 Å². The minimum atomic E-state index is -0.470. The Bertz CT molecular complexity index is 1030. The van der Waals surface area contributed by atoms with Crippen molar-refractivity contribution in [1.29, 1.82) is 0 Å². The Labute approximate surface area is 156 Å². The Morgan fingerprint density at radius 2 is 1.93 bits per heavy atom. The van der Waals surface area contributed by atoms with Crippen molar-refractivity contribution in [2.75, 3.05) is 11.8 Å². The van der Waals surface area contributed by atoms with E-state index < -0.39 is 10.8 Å². The molecule has 1 aliphatic heterocycles. The van der Waals surface area contributed by atoms with Crippen LogP contribution in [-0.2, 0) is 0 Å². The number of hydrazine groups is 1. The summed E-state index contributed by atoms with van der Waals surface area (Å²) >= 11 is 1.19. The number of hydrogen-bond acceptors (Lipinski definition) is 8. The van der Waals surface area contributed by atoms with E-state index in [0.29, 0.717) is 33.5 Å². The number of aromatic nitrogens is 1. The van der Waals surface area contributed by atoms with E-state index in [9.17, 15) is 14.9 Å². The molecule has 9 nitrogen and oxygen atoms in total. The first-order valence-electron chi connectivity index (χ1n) is 7.72. The smallest absolute Gasteiger partial charge is 0.274 e. The van der Waals surface area contributed by atoms with Crippen LogP contribution in [0.5, 0.6) is 11.5 Å². The molecule has 1 aromatic heterocycles. The molecular weight excluding hydrogens is 372 g/mol. The van der Waals surface area contributed by atoms with Crippen molar-refractivity contribution in [3.05, 3.63) is 63.5 Å². The van der Waals surface area contributed by atoms with E-state index in [1.807, 2.05) is 0 Å². The fraction of sp³-hybridized carbons (Fsp3) is 0.0588. The summed E-state index contributed by atoms with van der Waals surface area (Å²) in [5.74, 6) is 6.55. The minimum Gasteiger partial charge on any atom is -0.454 e. The van der Waals surface area contributed by atoms with Crippen molar-refractivity contribution >= 4 is 28.1 Å². The van der Waals surface area contributed by atoms with E-state index in [1.54, 1.807) is 35.7 Å². The van der Waals surface area contributed by atoms with Gasteiger partial charge in [-0.15, -0.1) is 11.3 Å². The van der Waals surface area contributed by atoms with Crippen LogP contribution >= 0.6 is 11.3 Å². The van der Waals surface area contributed by atoms with Crippen LogP contribution in [0.1, 0.15) is 10.4 Å². The Morgan fingerprint density at radius 3 is 2.67 bits per heavy atom. The number of amides is 1. The summed E-state index contributed by atoms with van der Waals surface area (Å²) in [6.07, 6.45) is 0. The number of ether oxygens (including phenoxy) is 2. The normalized spacial score (nSPS) is 12.0. The number of nitro benzene ring substituents is 1. The number of carbonyl (C=O) groups is 1. The van der Waals surface area contributed by atoms with Crippen LogP contribution in [0.15, 0.2) is 47.8 Å². The standard InChI is InChI=1S/C17H12N4O5S/c18-20(16(22)11-3-6-14-15(7-11)26-9-25-14)17-19-13(8-27-17)10-1-4-12(5-2-10)21(23)24/h1-8H,9,18H2. The van der Waals surface area contributed by atoms with E-state index in [0.717, 1.165) is 5.01 Å². The number of nitro groups is 1. The molecule has 10 heteroatoms. The first kappa shape index (κ1) is 16.9. The summed E-state index contributed by atoms with van der Waals surface area (Å²) < 4.78 is 10.5. The maximum Gasteiger partial charge on any atom is 0.274 e. The summed E-state index contributed by atoms with van der Waals surface area (Å²) in [5, 5.41) is 13.7. The molecule has 3 aromatic rings. The lowest BCUT2D eigenvalue weighted by Crippen LogP contribution is -2.37. The van der Waals surface area contributed by atoms with Gasteiger partial charge < -0.3 is 9.47 Å². The predicted octanol–water partition coefficient (Wildman–Crippen LogP) is 2.97. The molecule has 0 spiro atoms. The summed E-state index contributed by atoms with van der Waals surface area (Å²) in [6.45, 7) is 0.115. The number of nitrogens with zero attached hydrogens (tertiary/aromatic N) is 3. The number of benzene rings is 2.